The van der Waals surface area contributed by atoms with Crippen LogP contribution < -0.4 is 0 Å². The van der Waals surface area contributed by atoms with Gasteiger partial charge in [-0.25, -0.2) is 13.2 Å². The van der Waals surface area contributed by atoms with Crippen molar-refractivity contribution >= 4 is 34.2 Å². The van der Waals surface area contributed by atoms with E-state index in [0.29, 0.717) is 18.0 Å². The minimum atomic E-state index is -3.19. The fourth-order valence-electron chi connectivity index (χ4n) is 7.75. The normalized spacial score (nSPS) is 24.3. The zero-order valence-corrected chi connectivity index (χ0v) is 27.4. The number of sulfone groups is 1. The standard InChI is InChI=1S/C34H45N3O5S.ClH/c1-43(40,41)29-14-12-26(13-15-29)22-35-19-16-34(25-35)17-20-36(21-18-34)32(38)31-24-37(23-30(31)27-8-4-2-5-9-27)33(39)42-28-10-6-3-7-11-28;/h2,4-5,8-9,12-15,28,30-31H,3,6-7,10-11,16-25H2,1H3;1H/t30-,31-;/m1./s1. The largest absolute Gasteiger partial charge is 0.446 e. The Bertz CT molecular complexity index is 1390. The third-order valence-corrected chi connectivity index (χ3v) is 11.5. The molecule has 1 saturated carbocycles. The van der Waals surface area contributed by atoms with Crippen molar-refractivity contribution in [1.82, 2.24) is 14.7 Å². The summed E-state index contributed by atoms with van der Waals surface area (Å²) < 4.78 is 29.5. The number of likely N-dealkylation sites (tertiary alicyclic amines) is 3. The van der Waals surface area contributed by atoms with Gasteiger partial charge in [-0.15, -0.1) is 12.4 Å². The quantitative estimate of drug-likeness (QED) is 0.413. The summed E-state index contributed by atoms with van der Waals surface area (Å²) in [6.07, 6.45) is 9.36. The van der Waals surface area contributed by atoms with Gasteiger partial charge in [0.1, 0.15) is 6.10 Å². The molecule has 3 aliphatic heterocycles. The summed E-state index contributed by atoms with van der Waals surface area (Å²) >= 11 is 0. The summed E-state index contributed by atoms with van der Waals surface area (Å²) in [6, 6.07) is 17.4. The Kier molecular flexibility index (Phi) is 10.3. The molecule has 4 fully saturated rings. The molecule has 240 valence electrons. The molecule has 3 heterocycles. The number of nitrogens with zero attached hydrogens (tertiary/aromatic N) is 3. The van der Waals surface area contributed by atoms with Crippen LogP contribution in [0.5, 0.6) is 0 Å². The van der Waals surface area contributed by atoms with Gasteiger partial charge >= 0.3 is 6.09 Å². The van der Waals surface area contributed by atoms with E-state index in [4.69, 9.17) is 4.74 Å². The van der Waals surface area contributed by atoms with Crippen molar-refractivity contribution in [2.45, 2.75) is 74.8 Å². The van der Waals surface area contributed by atoms with E-state index in [1.54, 1.807) is 17.0 Å². The lowest BCUT2D eigenvalue weighted by Gasteiger charge is -2.40. The van der Waals surface area contributed by atoms with Crippen molar-refractivity contribution < 1.29 is 22.7 Å². The van der Waals surface area contributed by atoms with E-state index in [-0.39, 0.29) is 47.8 Å². The van der Waals surface area contributed by atoms with Gasteiger partial charge in [-0.2, -0.15) is 0 Å². The van der Waals surface area contributed by atoms with Gasteiger partial charge < -0.3 is 14.5 Å². The molecule has 0 radical (unpaired) electrons. The molecule has 2 aromatic carbocycles. The lowest BCUT2D eigenvalue weighted by atomic mass is 9.77. The number of hydrogen-bond donors (Lipinski definition) is 0. The number of ether oxygens (including phenoxy) is 1. The average Bonchev–Trinajstić information content (AvgIpc) is 3.63. The van der Waals surface area contributed by atoms with E-state index in [2.05, 4.69) is 17.0 Å². The Morgan fingerprint density at radius 1 is 0.864 bits per heavy atom. The Hall–Kier alpha value is -2.62. The maximum absolute atomic E-state index is 14.0. The van der Waals surface area contributed by atoms with Crippen LogP contribution in [0.4, 0.5) is 4.79 Å². The first-order valence-electron chi connectivity index (χ1n) is 16.0. The number of amides is 2. The van der Waals surface area contributed by atoms with Crippen LogP contribution in [-0.2, 0) is 25.9 Å². The van der Waals surface area contributed by atoms with Crippen LogP contribution in [0.25, 0.3) is 0 Å². The number of carbonyl (C=O) groups is 2. The van der Waals surface area contributed by atoms with Gasteiger partial charge in [0.15, 0.2) is 9.84 Å². The first-order valence-corrected chi connectivity index (χ1v) is 17.9. The van der Waals surface area contributed by atoms with Crippen LogP contribution in [0.3, 0.4) is 0 Å². The highest BCUT2D eigenvalue weighted by Crippen LogP contribution is 2.42. The van der Waals surface area contributed by atoms with Crippen LogP contribution >= 0.6 is 12.4 Å². The van der Waals surface area contributed by atoms with E-state index in [1.807, 2.05) is 35.2 Å². The van der Waals surface area contributed by atoms with Gasteiger partial charge in [-0.05, 0) is 80.2 Å². The molecule has 8 nitrogen and oxygen atoms in total. The van der Waals surface area contributed by atoms with Gasteiger partial charge in [0.2, 0.25) is 5.91 Å². The molecule has 6 rings (SSSR count). The van der Waals surface area contributed by atoms with Crippen LogP contribution in [0.1, 0.15) is 68.4 Å². The number of halogens is 1. The number of benzene rings is 2. The Morgan fingerprint density at radius 3 is 2.18 bits per heavy atom. The van der Waals surface area contributed by atoms with Crippen LogP contribution in [-0.4, -0.2) is 86.7 Å². The number of piperidine rings is 1. The van der Waals surface area contributed by atoms with Crippen molar-refractivity contribution in [1.29, 1.82) is 0 Å². The molecule has 4 aliphatic rings. The fraction of sp³-hybridized carbons (Fsp3) is 0.588. The van der Waals surface area contributed by atoms with Gasteiger partial charge in [-0.3, -0.25) is 9.69 Å². The predicted octanol–water partition coefficient (Wildman–Crippen LogP) is 5.51. The monoisotopic (exact) mass is 643 g/mol. The lowest BCUT2D eigenvalue weighted by Crippen LogP contribution is -2.47. The Balaban J connectivity index is 0.00000384. The number of rotatable bonds is 6. The summed E-state index contributed by atoms with van der Waals surface area (Å²) in [5.74, 6) is -0.123. The Labute approximate surface area is 268 Å². The molecule has 2 aromatic rings. The fourth-order valence-corrected chi connectivity index (χ4v) is 8.38. The molecule has 0 unspecified atom stereocenters. The molecule has 3 saturated heterocycles. The molecule has 0 aromatic heterocycles. The SMILES string of the molecule is CS(=O)(=O)c1ccc(CN2CCC3(CCN(C(=O)[C@@H]4CN(C(=O)OC5CCCCC5)C[C@@H]4c4ccccc4)CC3)C2)cc1.Cl. The lowest BCUT2D eigenvalue weighted by molar-refractivity contribution is -0.137. The van der Waals surface area contributed by atoms with E-state index in [0.717, 1.165) is 88.8 Å². The summed E-state index contributed by atoms with van der Waals surface area (Å²) in [7, 11) is -3.19. The van der Waals surface area contributed by atoms with E-state index >= 15 is 0 Å². The maximum Gasteiger partial charge on any atom is 0.410 e. The van der Waals surface area contributed by atoms with Crippen molar-refractivity contribution in [2.75, 3.05) is 45.5 Å². The Morgan fingerprint density at radius 2 is 1.52 bits per heavy atom. The van der Waals surface area contributed by atoms with Gasteiger partial charge in [0.05, 0.1) is 10.8 Å². The summed E-state index contributed by atoms with van der Waals surface area (Å²) in [6.45, 7) is 5.25. The highest BCUT2D eigenvalue weighted by atomic mass is 35.5. The summed E-state index contributed by atoms with van der Waals surface area (Å²) in [4.78, 5) is 33.9. The second kappa shape index (κ2) is 13.8. The zero-order valence-electron chi connectivity index (χ0n) is 25.7. The summed E-state index contributed by atoms with van der Waals surface area (Å²) in [5.41, 5.74) is 2.45. The molecule has 1 spiro atoms. The molecule has 0 bridgehead atoms. The van der Waals surface area contributed by atoms with Gasteiger partial charge in [0, 0.05) is 51.4 Å². The average molecular weight is 644 g/mol. The maximum atomic E-state index is 14.0. The van der Waals surface area contributed by atoms with E-state index in [9.17, 15) is 18.0 Å². The number of hydrogen-bond acceptors (Lipinski definition) is 6. The first-order chi connectivity index (χ1) is 20.7. The van der Waals surface area contributed by atoms with Crippen LogP contribution in [0.2, 0.25) is 0 Å². The van der Waals surface area contributed by atoms with Crippen molar-refractivity contribution in [3.63, 3.8) is 0 Å². The minimum Gasteiger partial charge on any atom is -0.446 e. The second-order valence-corrected chi connectivity index (χ2v) is 15.4. The van der Waals surface area contributed by atoms with Crippen LogP contribution in [0, 0.1) is 11.3 Å². The third kappa shape index (κ3) is 7.43. The van der Waals surface area contributed by atoms with Crippen molar-refractivity contribution in [3.8, 4) is 0 Å². The molecule has 2 atom stereocenters. The minimum absolute atomic E-state index is 0. The molecular weight excluding hydrogens is 598 g/mol. The molecule has 2 amide bonds. The molecule has 0 N–H and O–H groups in total. The van der Waals surface area contributed by atoms with Crippen molar-refractivity contribution in [2.24, 2.45) is 11.3 Å². The summed E-state index contributed by atoms with van der Waals surface area (Å²) in [5, 5.41) is 0. The third-order valence-electron chi connectivity index (χ3n) is 10.4. The highest BCUT2D eigenvalue weighted by molar-refractivity contribution is 7.90. The van der Waals surface area contributed by atoms with Crippen LogP contribution in [0.15, 0.2) is 59.5 Å². The predicted molar refractivity (Wildman–Crippen MR) is 173 cm³/mol. The molecule has 1 aliphatic carbocycles. The smallest absolute Gasteiger partial charge is 0.410 e. The molecule has 10 heteroatoms. The van der Waals surface area contributed by atoms with Crippen molar-refractivity contribution in [3.05, 3.63) is 65.7 Å². The molecule has 44 heavy (non-hydrogen) atoms. The first kappa shape index (κ1) is 32.8. The topological polar surface area (TPSA) is 87.2 Å². The van der Waals surface area contributed by atoms with Gasteiger partial charge in [0.25, 0.3) is 0 Å². The van der Waals surface area contributed by atoms with E-state index < -0.39 is 9.84 Å². The number of carbonyl (C=O) groups excluding carboxylic acids is 2. The molecular formula is C34H46ClN3O5S. The zero-order chi connectivity index (χ0) is 30.0. The van der Waals surface area contributed by atoms with Gasteiger partial charge in [-0.1, -0.05) is 48.9 Å². The highest BCUT2D eigenvalue weighted by Gasteiger charge is 2.46. The second-order valence-electron chi connectivity index (χ2n) is 13.4. The van der Waals surface area contributed by atoms with E-state index in [1.165, 1.54) is 12.7 Å².